The number of aryl methyl sites for hydroxylation is 1. The van der Waals surface area contributed by atoms with Gasteiger partial charge in [0.15, 0.2) is 0 Å². The highest BCUT2D eigenvalue weighted by molar-refractivity contribution is 6.05. The van der Waals surface area contributed by atoms with Gasteiger partial charge >= 0.3 is 0 Å². The van der Waals surface area contributed by atoms with E-state index in [1.54, 1.807) is 37.5 Å². The lowest BCUT2D eigenvalue weighted by atomic mass is 10.1. The number of benzene rings is 1. The number of pyridine rings is 2. The summed E-state index contributed by atoms with van der Waals surface area (Å²) in [6.07, 6.45) is 5.48. The molecular formula is C25H29FN6O. The Labute approximate surface area is 193 Å². The quantitative estimate of drug-likeness (QED) is 0.453. The molecule has 1 amide bonds. The van der Waals surface area contributed by atoms with Gasteiger partial charge < -0.3 is 20.9 Å². The van der Waals surface area contributed by atoms with E-state index in [0.29, 0.717) is 28.3 Å². The number of hydrogen-bond acceptors (Lipinski definition) is 6. The van der Waals surface area contributed by atoms with Crippen molar-refractivity contribution in [2.24, 2.45) is 0 Å². The second kappa shape index (κ2) is 9.85. The van der Waals surface area contributed by atoms with Crippen LogP contribution in [0, 0.1) is 12.7 Å². The smallest absolute Gasteiger partial charge is 0.257 e. The Kier molecular flexibility index (Phi) is 6.72. The van der Waals surface area contributed by atoms with Crippen molar-refractivity contribution in [1.82, 2.24) is 9.97 Å². The van der Waals surface area contributed by atoms with Crippen molar-refractivity contribution in [3.05, 3.63) is 65.9 Å². The van der Waals surface area contributed by atoms with Crippen LogP contribution in [0.15, 0.2) is 48.8 Å². The molecule has 0 aliphatic carbocycles. The molecule has 0 saturated carbocycles. The van der Waals surface area contributed by atoms with Crippen LogP contribution < -0.4 is 20.9 Å². The van der Waals surface area contributed by atoms with Crippen LogP contribution in [0.25, 0.3) is 0 Å². The molecule has 3 heterocycles. The molecule has 8 heteroatoms. The monoisotopic (exact) mass is 448 g/mol. The second-order valence-corrected chi connectivity index (χ2v) is 8.56. The molecular weight excluding hydrogens is 419 g/mol. The van der Waals surface area contributed by atoms with Crippen molar-refractivity contribution in [3.8, 4) is 0 Å². The first-order valence-corrected chi connectivity index (χ1v) is 11.2. The lowest BCUT2D eigenvalue weighted by Crippen LogP contribution is -2.17. The molecule has 7 nitrogen and oxygen atoms in total. The molecule has 1 aliphatic heterocycles. The summed E-state index contributed by atoms with van der Waals surface area (Å²) in [4.78, 5) is 23.7. The van der Waals surface area contributed by atoms with E-state index in [1.165, 1.54) is 6.07 Å². The fourth-order valence-corrected chi connectivity index (χ4v) is 3.85. The van der Waals surface area contributed by atoms with E-state index in [4.69, 9.17) is 0 Å². The molecule has 3 N–H and O–H groups in total. The number of aromatic nitrogens is 2. The maximum absolute atomic E-state index is 14.2. The standard InChI is InChI=1S/C25H29FN6O/c1-16(2)29-24-7-6-19(14-28-24)31-25(33)23-13-21(15-27-17(23)3)30-20-10-18(26)11-22(12-20)32-8-4-5-9-32/h6-7,10-16,30H,4-5,8-9H2,1-3H3,(H,28,29)(H,31,33). The highest BCUT2D eigenvalue weighted by Gasteiger charge is 2.15. The van der Waals surface area contributed by atoms with Gasteiger partial charge in [0.1, 0.15) is 11.6 Å². The third kappa shape index (κ3) is 5.77. The lowest BCUT2D eigenvalue weighted by molar-refractivity contribution is 0.102. The minimum Gasteiger partial charge on any atom is -0.371 e. The number of nitrogens with zero attached hydrogens (tertiary/aromatic N) is 3. The Morgan fingerprint density at radius 2 is 1.76 bits per heavy atom. The molecule has 0 unspecified atom stereocenters. The zero-order chi connectivity index (χ0) is 23.4. The Balaban J connectivity index is 1.49. The molecule has 3 aromatic rings. The number of amides is 1. The Morgan fingerprint density at radius 3 is 2.45 bits per heavy atom. The van der Waals surface area contributed by atoms with Crippen molar-refractivity contribution in [2.45, 2.75) is 39.7 Å². The summed E-state index contributed by atoms with van der Waals surface area (Å²) < 4.78 is 14.2. The van der Waals surface area contributed by atoms with E-state index in [9.17, 15) is 9.18 Å². The summed E-state index contributed by atoms with van der Waals surface area (Å²) in [5.41, 5.74) is 3.70. The molecule has 1 fully saturated rings. The van der Waals surface area contributed by atoms with E-state index in [1.807, 2.05) is 26.0 Å². The van der Waals surface area contributed by atoms with E-state index in [-0.39, 0.29) is 17.8 Å². The van der Waals surface area contributed by atoms with Crippen LogP contribution in [-0.4, -0.2) is 35.0 Å². The predicted molar refractivity (Wildman–Crippen MR) is 131 cm³/mol. The molecule has 33 heavy (non-hydrogen) atoms. The minimum atomic E-state index is -0.303. The van der Waals surface area contributed by atoms with Gasteiger partial charge in [-0.3, -0.25) is 9.78 Å². The minimum absolute atomic E-state index is 0.270. The van der Waals surface area contributed by atoms with Gasteiger partial charge in [-0.25, -0.2) is 9.37 Å². The zero-order valence-electron chi connectivity index (χ0n) is 19.2. The summed E-state index contributed by atoms with van der Waals surface area (Å²) in [5, 5.41) is 9.26. The molecule has 172 valence electrons. The van der Waals surface area contributed by atoms with E-state index >= 15 is 0 Å². The van der Waals surface area contributed by atoms with Crippen LogP contribution in [-0.2, 0) is 0 Å². The van der Waals surface area contributed by atoms with Crippen LogP contribution in [0.3, 0.4) is 0 Å². The highest BCUT2D eigenvalue weighted by atomic mass is 19.1. The zero-order valence-corrected chi connectivity index (χ0v) is 19.2. The van der Waals surface area contributed by atoms with E-state index in [2.05, 4.69) is 30.8 Å². The largest absolute Gasteiger partial charge is 0.371 e. The fourth-order valence-electron chi connectivity index (χ4n) is 3.85. The number of hydrogen-bond donors (Lipinski definition) is 3. The van der Waals surface area contributed by atoms with Gasteiger partial charge in [0, 0.05) is 30.5 Å². The average molecular weight is 449 g/mol. The van der Waals surface area contributed by atoms with Crippen molar-refractivity contribution < 1.29 is 9.18 Å². The van der Waals surface area contributed by atoms with Gasteiger partial charge in [0.25, 0.3) is 5.91 Å². The van der Waals surface area contributed by atoms with Crippen molar-refractivity contribution in [1.29, 1.82) is 0 Å². The summed E-state index contributed by atoms with van der Waals surface area (Å²) in [6.45, 7) is 7.71. The lowest BCUT2D eigenvalue weighted by Gasteiger charge is -2.19. The number of carbonyl (C=O) groups excluding carboxylic acids is 1. The Morgan fingerprint density at radius 1 is 1.00 bits per heavy atom. The number of halogens is 1. The second-order valence-electron chi connectivity index (χ2n) is 8.56. The van der Waals surface area contributed by atoms with Crippen LogP contribution in [0.1, 0.15) is 42.7 Å². The van der Waals surface area contributed by atoms with Crippen LogP contribution >= 0.6 is 0 Å². The first-order valence-electron chi connectivity index (χ1n) is 11.2. The average Bonchev–Trinajstić information content (AvgIpc) is 3.31. The first kappa shape index (κ1) is 22.5. The molecule has 0 radical (unpaired) electrons. The third-order valence-electron chi connectivity index (χ3n) is 5.43. The fraction of sp³-hybridized carbons (Fsp3) is 0.320. The van der Waals surface area contributed by atoms with E-state index < -0.39 is 0 Å². The van der Waals surface area contributed by atoms with Gasteiger partial charge in [-0.2, -0.15) is 0 Å². The van der Waals surface area contributed by atoms with Crippen molar-refractivity contribution in [2.75, 3.05) is 33.9 Å². The normalized spacial score (nSPS) is 13.3. The van der Waals surface area contributed by atoms with Gasteiger partial charge in [-0.05, 0) is 70.0 Å². The summed E-state index contributed by atoms with van der Waals surface area (Å²) in [7, 11) is 0. The predicted octanol–water partition coefficient (Wildman–Crippen LogP) is 5.34. The molecule has 2 aromatic heterocycles. The topological polar surface area (TPSA) is 82.2 Å². The van der Waals surface area contributed by atoms with Crippen LogP contribution in [0.4, 0.5) is 33.0 Å². The maximum atomic E-state index is 14.2. The molecule has 1 aliphatic rings. The number of anilines is 5. The van der Waals surface area contributed by atoms with E-state index in [0.717, 1.165) is 37.4 Å². The van der Waals surface area contributed by atoms with Gasteiger partial charge in [0.05, 0.1) is 35.0 Å². The third-order valence-corrected chi connectivity index (χ3v) is 5.43. The van der Waals surface area contributed by atoms with Crippen LogP contribution in [0.2, 0.25) is 0 Å². The van der Waals surface area contributed by atoms with Crippen molar-refractivity contribution in [3.63, 3.8) is 0 Å². The number of nitrogens with one attached hydrogen (secondary N) is 3. The summed E-state index contributed by atoms with van der Waals surface area (Å²) in [6, 6.07) is 10.5. The number of rotatable bonds is 7. The Bertz CT molecular complexity index is 1130. The summed E-state index contributed by atoms with van der Waals surface area (Å²) >= 11 is 0. The summed E-state index contributed by atoms with van der Waals surface area (Å²) in [5.74, 6) is 0.158. The Hall–Kier alpha value is -3.68. The highest BCUT2D eigenvalue weighted by Crippen LogP contribution is 2.27. The molecule has 0 atom stereocenters. The number of carbonyl (C=O) groups is 1. The molecule has 0 bridgehead atoms. The SMILES string of the molecule is Cc1ncc(Nc2cc(F)cc(N3CCCC3)c2)cc1C(=O)Nc1ccc(NC(C)C)nc1. The molecule has 1 aromatic carbocycles. The van der Waals surface area contributed by atoms with Gasteiger partial charge in [0.2, 0.25) is 0 Å². The van der Waals surface area contributed by atoms with Crippen molar-refractivity contribution >= 4 is 34.5 Å². The van der Waals surface area contributed by atoms with Gasteiger partial charge in [-0.1, -0.05) is 0 Å². The maximum Gasteiger partial charge on any atom is 0.257 e. The van der Waals surface area contributed by atoms with Gasteiger partial charge in [-0.15, -0.1) is 0 Å². The molecule has 4 rings (SSSR count). The van der Waals surface area contributed by atoms with Crippen LogP contribution in [0.5, 0.6) is 0 Å². The molecule has 0 spiro atoms. The first-order chi connectivity index (χ1) is 15.9. The molecule has 1 saturated heterocycles.